The Labute approximate surface area is 107 Å². The van der Waals surface area contributed by atoms with Crippen LogP contribution in [0.3, 0.4) is 0 Å². The number of hydrogen-bond donors (Lipinski definition) is 2. The molecule has 98 valence electrons. The molecule has 1 aromatic rings. The molecule has 0 saturated carbocycles. The van der Waals surface area contributed by atoms with E-state index in [0.29, 0.717) is 12.1 Å². The van der Waals surface area contributed by atoms with Gasteiger partial charge in [-0.15, -0.1) is 0 Å². The minimum Gasteiger partial charge on any atom is -0.478 e. The lowest BCUT2D eigenvalue weighted by Gasteiger charge is -2.32. The van der Waals surface area contributed by atoms with Crippen LogP contribution < -0.4 is 5.43 Å². The molecule has 1 aromatic carbocycles. The molecule has 0 amide bonds. The van der Waals surface area contributed by atoms with Gasteiger partial charge in [0, 0.05) is 32.7 Å². The second-order valence-electron chi connectivity index (χ2n) is 4.59. The number of hydrazine groups is 1. The number of hydrogen-bond acceptors (Lipinski definition) is 4. The Kier molecular flexibility index (Phi) is 4.30. The van der Waals surface area contributed by atoms with Gasteiger partial charge in [-0.2, -0.15) is 0 Å². The molecule has 1 fully saturated rings. The first kappa shape index (κ1) is 13.0. The largest absolute Gasteiger partial charge is 0.478 e. The summed E-state index contributed by atoms with van der Waals surface area (Å²) in [5, 5.41) is 11.2. The first-order chi connectivity index (χ1) is 8.66. The lowest BCUT2D eigenvalue weighted by Crippen LogP contribution is -2.50. The number of likely N-dealkylation sites (N-methyl/N-ethyl adjacent to an activating group) is 1. The maximum absolute atomic E-state index is 11.1. The molecule has 18 heavy (non-hydrogen) atoms. The van der Waals surface area contributed by atoms with Gasteiger partial charge in [-0.1, -0.05) is 18.2 Å². The second kappa shape index (κ2) is 5.95. The standard InChI is InChI=1S/C13H19N3O2/c1-15-6-8-16(9-7-15)14-10-11-4-2-3-5-12(11)13(17)18/h2-5,14H,6-10H2,1H3,(H,17,18). The number of piperazine rings is 1. The van der Waals surface area contributed by atoms with Crippen molar-refractivity contribution >= 4 is 5.97 Å². The van der Waals surface area contributed by atoms with Crippen molar-refractivity contribution in [1.29, 1.82) is 0 Å². The summed E-state index contributed by atoms with van der Waals surface area (Å²) < 4.78 is 0. The van der Waals surface area contributed by atoms with Crippen LogP contribution in [0.1, 0.15) is 15.9 Å². The average molecular weight is 249 g/mol. The van der Waals surface area contributed by atoms with Crippen LogP contribution in [0.2, 0.25) is 0 Å². The van der Waals surface area contributed by atoms with E-state index in [4.69, 9.17) is 5.11 Å². The summed E-state index contributed by atoms with van der Waals surface area (Å²) in [6.45, 7) is 4.56. The zero-order chi connectivity index (χ0) is 13.0. The summed E-state index contributed by atoms with van der Waals surface area (Å²) in [6, 6.07) is 7.12. The molecule has 2 rings (SSSR count). The molecule has 0 aromatic heterocycles. The molecule has 0 unspecified atom stereocenters. The Hall–Kier alpha value is -1.43. The van der Waals surface area contributed by atoms with E-state index >= 15 is 0 Å². The fraction of sp³-hybridized carbons (Fsp3) is 0.462. The maximum atomic E-state index is 11.1. The molecule has 0 radical (unpaired) electrons. The lowest BCUT2D eigenvalue weighted by molar-refractivity contribution is 0.0693. The number of benzene rings is 1. The van der Waals surface area contributed by atoms with E-state index in [0.717, 1.165) is 31.7 Å². The number of carboxylic acid groups (broad SMARTS) is 1. The van der Waals surface area contributed by atoms with Gasteiger partial charge in [0.2, 0.25) is 0 Å². The Morgan fingerprint density at radius 3 is 2.61 bits per heavy atom. The summed E-state index contributed by atoms with van der Waals surface area (Å²) in [5.74, 6) is -0.870. The summed E-state index contributed by atoms with van der Waals surface area (Å²) in [5.41, 5.74) is 4.49. The molecule has 1 saturated heterocycles. The van der Waals surface area contributed by atoms with E-state index in [1.807, 2.05) is 12.1 Å². The summed E-state index contributed by atoms with van der Waals surface area (Å²) in [6.07, 6.45) is 0. The van der Waals surface area contributed by atoms with Gasteiger partial charge in [0.25, 0.3) is 0 Å². The number of nitrogens with one attached hydrogen (secondary N) is 1. The molecule has 1 aliphatic rings. The van der Waals surface area contributed by atoms with Gasteiger partial charge < -0.3 is 10.0 Å². The number of carbonyl (C=O) groups is 1. The summed E-state index contributed by atoms with van der Waals surface area (Å²) >= 11 is 0. The van der Waals surface area contributed by atoms with Crippen molar-refractivity contribution in [2.45, 2.75) is 6.54 Å². The molecule has 0 spiro atoms. The maximum Gasteiger partial charge on any atom is 0.336 e. The topological polar surface area (TPSA) is 55.8 Å². The molecule has 5 heteroatoms. The van der Waals surface area contributed by atoms with Crippen LogP contribution in [0.25, 0.3) is 0 Å². The van der Waals surface area contributed by atoms with Gasteiger partial charge in [-0.05, 0) is 18.7 Å². The zero-order valence-corrected chi connectivity index (χ0v) is 10.6. The SMILES string of the molecule is CN1CCN(NCc2ccccc2C(=O)O)CC1. The van der Waals surface area contributed by atoms with Crippen LogP contribution in [0.15, 0.2) is 24.3 Å². The fourth-order valence-corrected chi connectivity index (χ4v) is 2.04. The number of aromatic carboxylic acids is 1. The van der Waals surface area contributed by atoms with Crippen LogP contribution in [-0.4, -0.2) is 54.2 Å². The molecule has 2 N–H and O–H groups in total. The third-order valence-electron chi connectivity index (χ3n) is 3.24. The van der Waals surface area contributed by atoms with Gasteiger partial charge >= 0.3 is 5.97 Å². The van der Waals surface area contributed by atoms with Crippen molar-refractivity contribution in [2.24, 2.45) is 0 Å². The molecule has 0 atom stereocenters. The minimum absolute atomic E-state index is 0.374. The Bertz CT molecular complexity index is 414. The highest BCUT2D eigenvalue weighted by Gasteiger charge is 2.14. The van der Waals surface area contributed by atoms with Crippen molar-refractivity contribution in [3.05, 3.63) is 35.4 Å². The monoisotopic (exact) mass is 249 g/mol. The van der Waals surface area contributed by atoms with Crippen molar-refractivity contribution < 1.29 is 9.90 Å². The van der Waals surface area contributed by atoms with E-state index in [1.54, 1.807) is 12.1 Å². The predicted molar refractivity (Wildman–Crippen MR) is 69.3 cm³/mol. The second-order valence-corrected chi connectivity index (χ2v) is 4.59. The van der Waals surface area contributed by atoms with Gasteiger partial charge in [0.1, 0.15) is 0 Å². The third-order valence-corrected chi connectivity index (χ3v) is 3.24. The molecule has 5 nitrogen and oxygen atoms in total. The predicted octanol–water partition coefficient (Wildman–Crippen LogP) is 0.637. The number of nitrogens with zero attached hydrogens (tertiary/aromatic N) is 2. The molecule has 1 aliphatic heterocycles. The van der Waals surface area contributed by atoms with Crippen molar-refractivity contribution in [2.75, 3.05) is 33.2 Å². The molecular formula is C13H19N3O2. The molecule has 0 bridgehead atoms. The third kappa shape index (κ3) is 3.29. The van der Waals surface area contributed by atoms with Crippen LogP contribution in [0, 0.1) is 0 Å². The quantitative estimate of drug-likeness (QED) is 0.820. The highest BCUT2D eigenvalue weighted by molar-refractivity contribution is 5.89. The smallest absolute Gasteiger partial charge is 0.336 e. The van der Waals surface area contributed by atoms with Gasteiger partial charge in [0.15, 0.2) is 0 Å². The normalized spacial score (nSPS) is 17.8. The molecule has 1 heterocycles. The van der Waals surface area contributed by atoms with Gasteiger partial charge in [-0.3, -0.25) is 5.43 Å². The van der Waals surface area contributed by atoms with Gasteiger partial charge in [-0.25, -0.2) is 9.80 Å². The Morgan fingerprint density at radius 1 is 1.28 bits per heavy atom. The van der Waals surface area contributed by atoms with E-state index in [2.05, 4.69) is 22.4 Å². The van der Waals surface area contributed by atoms with Crippen molar-refractivity contribution in [3.63, 3.8) is 0 Å². The first-order valence-electron chi connectivity index (χ1n) is 6.15. The van der Waals surface area contributed by atoms with E-state index in [1.165, 1.54) is 0 Å². The summed E-state index contributed by atoms with van der Waals surface area (Å²) in [7, 11) is 2.11. The highest BCUT2D eigenvalue weighted by atomic mass is 16.4. The fourth-order valence-electron chi connectivity index (χ4n) is 2.04. The Morgan fingerprint density at radius 2 is 1.94 bits per heavy atom. The minimum atomic E-state index is -0.870. The van der Waals surface area contributed by atoms with Crippen LogP contribution in [0.5, 0.6) is 0 Å². The van der Waals surface area contributed by atoms with Crippen LogP contribution >= 0.6 is 0 Å². The van der Waals surface area contributed by atoms with E-state index in [9.17, 15) is 4.79 Å². The first-order valence-corrected chi connectivity index (χ1v) is 6.15. The number of carboxylic acids is 1. The van der Waals surface area contributed by atoms with Gasteiger partial charge in [0.05, 0.1) is 5.56 Å². The highest BCUT2D eigenvalue weighted by Crippen LogP contribution is 2.09. The molecular weight excluding hydrogens is 230 g/mol. The Balaban J connectivity index is 1.92. The zero-order valence-electron chi connectivity index (χ0n) is 10.6. The van der Waals surface area contributed by atoms with Crippen LogP contribution in [0.4, 0.5) is 0 Å². The van der Waals surface area contributed by atoms with E-state index in [-0.39, 0.29) is 0 Å². The number of rotatable bonds is 4. The van der Waals surface area contributed by atoms with Crippen molar-refractivity contribution in [3.8, 4) is 0 Å². The van der Waals surface area contributed by atoms with Crippen LogP contribution in [-0.2, 0) is 6.54 Å². The average Bonchev–Trinajstić information content (AvgIpc) is 2.38. The molecule has 0 aliphatic carbocycles. The van der Waals surface area contributed by atoms with E-state index < -0.39 is 5.97 Å². The lowest BCUT2D eigenvalue weighted by atomic mass is 10.1. The van der Waals surface area contributed by atoms with Crippen molar-refractivity contribution in [1.82, 2.24) is 15.3 Å². The summed E-state index contributed by atoms with van der Waals surface area (Å²) in [4.78, 5) is 13.3.